The minimum atomic E-state index is -6.01. The Kier molecular flexibility index (Phi) is 4.28. The van der Waals surface area contributed by atoms with E-state index in [0.29, 0.717) is 6.07 Å². The summed E-state index contributed by atoms with van der Waals surface area (Å²) in [6.45, 7) is 1.46. The van der Waals surface area contributed by atoms with Gasteiger partial charge in [0.1, 0.15) is 5.75 Å². The molecule has 1 rings (SSSR count). The highest BCUT2D eigenvalue weighted by atomic mass is 32.2. The lowest BCUT2D eigenvalue weighted by molar-refractivity contribution is -0.137. The van der Waals surface area contributed by atoms with E-state index in [1.54, 1.807) is 0 Å². The molecule has 0 atom stereocenters. The van der Waals surface area contributed by atoms with Gasteiger partial charge in [-0.15, -0.1) is 0 Å². The Labute approximate surface area is 110 Å². The van der Waals surface area contributed by atoms with Crippen LogP contribution in [0.25, 0.3) is 0 Å². The van der Waals surface area contributed by atoms with Gasteiger partial charge in [0.05, 0.1) is 5.56 Å². The SMILES string of the molecule is CCc1cc(OS(=O)(=O)C(F)(F)F)cc(C(F)(F)F)c1. The Morgan fingerprint density at radius 1 is 1.05 bits per heavy atom. The first kappa shape index (κ1) is 16.6. The fourth-order valence-corrected chi connectivity index (χ4v) is 1.69. The van der Waals surface area contributed by atoms with Gasteiger partial charge in [0.15, 0.2) is 0 Å². The predicted molar refractivity (Wildman–Crippen MR) is 56.4 cm³/mol. The Bertz CT molecular complexity index is 588. The lowest BCUT2D eigenvalue weighted by Gasteiger charge is -2.13. The summed E-state index contributed by atoms with van der Waals surface area (Å²) >= 11 is 0. The van der Waals surface area contributed by atoms with Crippen molar-refractivity contribution in [2.75, 3.05) is 0 Å². The Morgan fingerprint density at radius 2 is 1.60 bits per heavy atom. The smallest absolute Gasteiger partial charge is 0.376 e. The normalized spacial score (nSPS) is 13.3. The molecular formula is C10H8F6O3S. The van der Waals surface area contributed by atoms with Crippen LogP contribution in [0, 0.1) is 0 Å². The maximum absolute atomic E-state index is 12.5. The summed E-state index contributed by atoms with van der Waals surface area (Å²) in [5, 5.41) is 0. The maximum atomic E-state index is 12.5. The Morgan fingerprint density at radius 3 is 2.00 bits per heavy atom. The van der Waals surface area contributed by atoms with Crippen LogP contribution >= 0.6 is 0 Å². The van der Waals surface area contributed by atoms with E-state index in [2.05, 4.69) is 4.18 Å². The van der Waals surface area contributed by atoms with Crippen molar-refractivity contribution in [3.05, 3.63) is 29.3 Å². The molecule has 0 bridgehead atoms. The summed E-state index contributed by atoms with van der Waals surface area (Å²) in [7, 11) is -6.01. The number of aryl methyl sites for hydroxylation is 1. The number of rotatable bonds is 3. The van der Waals surface area contributed by atoms with E-state index in [9.17, 15) is 34.8 Å². The standard InChI is InChI=1S/C10H8F6O3S/c1-2-6-3-7(9(11,12)13)5-8(4-6)19-20(17,18)10(14,15)16/h3-5H,2H2,1H3. The first-order chi connectivity index (χ1) is 8.87. The fraction of sp³-hybridized carbons (Fsp3) is 0.400. The second kappa shape index (κ2) is 5.15. The fourth-order valence-electron chi connectivity index (χ4n) is 1.25. The van der Waals surface area contributed by atoms with Crippen LogP contribution in [0.15, 0.2) is 18.2 Å². The quantitative estimate of drug-likeness (QED) is 0.486. The largest absolute Gasteiger partial charge is 0.534 e. The topological polar surface area (TPSA) is 43.4 Å². The third-order valence-electron chi connectivity index (χ3n) is 2.19. The van der Waals surface area contributed by atoms with Crippen molar-refractivity contribution in [1.82, 2.24) is 0 Å². The lowest BCUT2D eigenvalue weighted by atomic mass is 10.1. The van der Waals surface area contributed by atoms with Crippen LogP contribution in [0.2, 0.25) is 0 Å². The molecule has 0 aromatic heterocycles. The van der Waals surface area contributed by atoms with Crippen molar-refractivity contribution in [2.45, 2.75) is 25.0 Å². The summed E-state index contributed by atoms with van der Waals surface area (Å²) in [5.74, 6) is -1.03. The van der Waals surface area contributed by atoms with Crippen LogP contribution in [0.1, 0.15) is 18.1 Å². The van der Waals surface area contributed by atoms with E-state index >= 15 is 0 Å². The molecule has 0 fully saturated rings. The number of alkyl halides is 6. The van der Waals surface area contributed by atoms with Gasteiger partial charge in [-0.3, -0.25) is 0 Å². The molecule has 114 valence electrons. The van der Waals surface area contributed by atoms with Gasteiger partial charge >= 0.3 is 21.8 Å². The van der Waals surface area contributed by atoms with Gasteiger partial charge in [0.25, 0.3) is 0 Å². The van der Waals surface area contributed by atoms with Gasteiger partial charge in [-0.05, 0) is 30.2 Å². The number of halogens is 6. The van der Waals surface area contributed by atoms with Crippen molar-refractivity contribution < 1.29 is 38.9 Å². The first-order valence-corrected chi connectivity index (χ1v) is 6.49. The van der Waals surface area contributed by atoms with E-state index in [4.69, 9.17) is 0 Å². The van der Waals surface area contributed by atoms with Gasteiger partial charge in [0, 0.05) is 0 Å². The molecule has 0 spiro atoms. The molecule has 0 saturated heterocycles. The summed E-state index contributed by atoms with van der Waals surface area (Å²) in [6.07, 6.45) is -4.77. The third kappa shape index (κ3) is 3.78. The average molecular weight is 322 g/mol. The van der Waals surface area contributed by atoms with Gasteiger partial charge in [-0.1, -0.05) is 6.92 Å². The molecule has 0 amide bonds. The van der Waals surface area contributed by atoms with Gasteiger partial charge in [-0.25, -0.2) is 0 Å². The van der Waals surface area contributed by atoms with E-state index < -0.39 is 33.1 Å². The zero-order valence-electron chi connectivity index (χ0n) is 9.84. The summed E-state index contributed by atoms with van der Waals surface area (Å²) in [6, 6.07) is 1.70. The number of hydrogen-bond acceptors (Lipinski definition) is 3. The van der Waals surface area contributed by atoms with Crippen LogP contribution < -0.4 is 4.18 Å². The zero-order chi connectivity index (χ0) is 15.8. The van der Waals surface area contributed by atoms with E-state index in [-0.39, 0.29) is 18.1 Å². The van der Waals surface area contributed by atoms with Crippen LogP contribution in [-0.2, 0) is 22.7 Å². The molecule has 0 N–H and O–H groups in total. The van der Waals surface area contributed by atoms with Crippen molar-refractivity contribution in [1.29, 1.82) is 0 Å². The van der Waals surface area contributed by atoms with Crippen LogP contribution in [0.4, 0.5) is 26.3 Å². The minimum Gasteiger partial charge on any atom is -0.376 e. The predicted octanol–water partition coefficient (Wildman–Crippen LogP) is 3.50. The molecular weight excluding hydrogens is 314 g/mol. The second-order valence-electron chi connectivity index (χ2n) is 3.70. The van der Waals surface area contributed by atoms with Crippen molar-refractivity contribution in [3.8, 4) is 5.75 Å². The van der Waals surface area contributed by atoms with E-state index in [1.807, 2.05) is 0 Å². The highest BCUT2D eigenvalue weighted by Crippen LogP contribution is 2.34. The lowest BCUT2D eigenvalue weighted by Crippen LogP contribution is -2.28. The Balaban J connectivity index is 3.27. The molecule has 20 heavy (non-hydrogen) atoms. The number of benzene rings is 1. The van der Waals surface area contributed by atoms with Gasteiger partial charge in [0.2, 0.25) is 0 Å². The highest BCUT2D eigenvalue weighted by molar-refractivity contribution is 7.88. The average Bonchev–Trinajstić information content (AvgIpc) is 2.25. The summed E-state index contributed by atoms with van der Waals surface area (Å²) < 4.78 is 99.1. The molecule has 3 nitrogen and oxygen atoms in total. The molecule has 1 aromatic rings. The van der Waals surface area contributed by atoms with Gasteiger partial charge < -0.3 is 4.18 Å². The molecule has 1 aromatic carbocycles. The molecule has 0 saturated carbocycles. The third-order valence-corrected chi connectivity index (χ3v) is 3.17. The molecule has 0 heterocycles. The van der Waals surface area contributed by atoms with Crippen LogP contribution in [0.3, 0.4) is 0 Å². The van der Waals surface area contributed by atoms with Crippen molar-refractivity contribution in [3.63, 3.8) is 0 Å². The monoisotopic (exact) mass is 322 g/mol. The molecule has 0 aliphatic carbocycles. The van der Waals surface area contributed by atoms with Crippen LogP contribution in [0.5, 0.6) is 5.75 Å². The molecule has 0 unspecified atom stereocenters. The maximum Gasteiger partial charge on any atom is 0.534 e. The van der Waals surface area contributed by atoms with Crippen molar-refractivity contribution in [2.24, 2.45) is 0 Å². The van der Waals surface area contributed by atoms with Gasteiger partial charge in [-0.2, -0.15) is 34.8 Å². The van der Waals surface area contributed by atoms with E-state index in [1.165, 1.54) is 6.92 Å². The second-order valence-corrected chi connectivity index (χ2v) is 5.24. The van der Waals surface area contributed by atoms with Crippen molar-refractivity contribution >= 4 is 10.1 Å². The first-order valence-electron chi connectivity index (χ1n) is 5.08. The summed E-state index contributed by atoms with van der Waals surface area (Å²) in [5.41, 5.74) is -7.01. The zero-order valence-corrected chi connectivity index (χ0v) is 10.7. The number of hydrogen-bond donors (Lipinski definition) is 0. The van der Waals surface area contributed by atoms with Crippen LogP contribution in [-0.4, -0.2) is 13.9 Å². The molecule has 0 radical (unpaired) electrons. The molecule has 10 heteroatoms. The van der Waals surface area contributed by atoms with E-state index in [0.717, 1.165) is 6.07 Å². The summed E-state index contributed by atoms with van der Waals surface area (Å²) in [4.78, 5) is 0. The molecule has 0 aliphatic heterocycles. The molecule has 0 aliphatic rings. The minimum absolute atomic E-state index is 0.00722. The highest BCUT2D eigenvalue weighted by Gasteiger charge is 2.48. The Hall–Kier alpha value is -1.45.